The number of carbonyl (C=O) groups excluding carboxylic acids is 3. The molecule has 4 saturated heterocycles. The van der Waals surface area contributed by atoms with Crippen molar-refractivity contribution in [2.45, 2.75) is 121 Å². The molecule has 2 saturated carbocycles. The van der Waals surface area contributed by atoms with Gasteiger partial charge in [0.2, 0.25) is 17.7 Å². The van der Waals surface area contributed by atoms with Crippen LogP contribution < -0.4 is 20.9 Å². The number of benzene rings is 2. The average Bonchev–Trinajstić information content (AvgIpc) is 3.73. The normalized spacial score (nSPS) is 26.9. The maximum absolute atomic E-state index is 14.2. The summed E-state index contributed by atoms with van der Waals surface area (Å²) in [5.74, 6) is 2.69. The van der Waals surface area contributed by atoms with E-state index in [1.807, 2.05) is 76.3 Å². The monoisotopic (exact) mass is 929 g/mol. The van der Waals surface area contributed by atoms with Crippen LogP contribution in [0.2, 0.25) is 0 Å². The summed E-state index contributed by atoms with van der Waals surface area (Å²) in [5, 5.41) is 39.2. The molecule has 68 heavy (non-hydrogen) atoms. The van der Waals surface area contributed by atoms with Gasteiger partial charge < -0.3 is 45.8 Å². The number of terminal acetylenes is 1. The smallest absolute Gasteiger partial charge is 0.246 e. The number of hydrogen-bond acceptors (Lipinski definition) is 12. The van der Waals surface area contributed by atoms with Crippen LogP contribution in [0.15, 0.2) is 54.6 Å². The molecule has 6 fully saturated rings. The van der Waals surface area contributed by atoms with Gasteiger partial charge in [0.25, 0.3) is 0 Å². The van der Waals surface area contributed by atoms with E-state index in [2.05, 4.69) is 51.7 Å². The van der Waals surface area contributed by atoms with E-state index in [0.29, 0.717) is 29.4 Å². The number of piperazine rings is 1. The number of amides is 3. The zero-order valence-corrected chi connectivity index (χ0v) is 40.5. The van der Waals surface area contributed by atoms with Crippen molar-refractivity contribution in [3.05, 3.63) is 65.7 Å². The second-order valence-electron chi connectivity index (χ2n) is 21.7. The summed E-state index contributed by atoms with van der Waals surface area (Å²) in [6.45, 7) is 14.6. The number of aliphatic hydroxyl groups excluding tert-OH is 1. The van der Waals surface area contributed by atoms with Gasteiger partial charge in [-0.2, -0.15) is 0 Å². The van der Waals surface area contributed by atoms with Gasteiger partial charge in [-0.1, -0.05) is 51.0 Å². The van der Waals surface area contributed by atoms with Crippen molar-refractivity contribution in [3.63, 3.8) is 0 Å². The lowest BCUT2D eigenvalue weighted by atomic mass is 9.49. The molecule has 15 heteroatoms. The molecule has 364 valence electrons. The topological polar surface area (TPSA) is 170 Å². The van der Waals surface area contributed by atoms with E-state index < -0.39 is 23.6 Å². The second kappa shape index (κ2) is 20.0. The fourth-order valence-electron chi connectivity index (χ4n) is 12.3. The van der Waals surface area contributed by atoms with Gasteiger partial charge in [-0.15, -0.1) is 16.6 Å². The Labute approximate surface area is 402 Å². The Kier molecular flexibility index (Phi) is 14.0. The van der Waals surface area contributed by atoms with Crippen LogP contribution in [0.4, 0.5) is 11.5 Å². The SMILES string of the molecule is C#Cc1ccc(CNC(=O)[C@@H]2C[C@@H](O)CN2C(=O)[C@@H](NC(=O)C2CC3(C2)CC(N2CCC(N4CCC(N5CCN(c6cc(-c7ccccc7O)nnc6NC)CC5)CC4)CC2)C3)C(C)(C)C)cc1. The predicted octanol–water partition coefficient (Wildman–Crippen LogP) is 4.29. The summed E-state index contributed by atoms with van der Waals surface area (Å²) in [6, 6.07) is 16.9. The van der Waals surface area contributed by atoms with Crippen LogP contribution in [0.5, 0.6) is 5.75 Å². The Balaban J connectivity index is 0.687. The van der Waals surface area contributed by atoms with Crippen molar-refractivity contribution < 1.29 is 24.6 Å². The van der Waals surface area contributed by atoms with Crippen molar-refractivity contribution in [2.24, 2.45) is 16.7 Å². The number of anilines is 2. The third-order valence-corrected chi connectivity index (χ3v) is 16.3. The number of aromatic nitrogens is 2. The molecule has 4 aliphatic heterocycles. The Morgan fingerprint density at radius 1 is 0.824 bits per heavy atom. The first-order valence-corrected chi connectivity index (χ1v) is 25.1. The molecule has 0 radical (unpaired) electrons. The van der Waals surface area contributed by atoms with Crippen LogP contribution in [-0.4, -0.2) is 160 Å². The van der Waals surface area contributed by atoms with E-state index in [4.69, 9.17) is 6.42 Å². The van der Waals surface area contributed by atoms with Crippen LogP contribution in [0, 0.1) is 29.1 Å². The van der Waals surface area contributed by atoms with Gasteiger partial charge >= 0.3 is 0 Å². The van der Waals surface area contributed by atoms with Gasteiger partial charge in [0.15, 0.2) is 5.82 Å². The summed E-state index contributed by atoms with van der Waals surface area (Å²) >= 11 is 0. The van der Waals surface area contributed by atoms with E-state index in [9.17, 15) is 24.6 Å². The number of hydrogen-bond donors (Lipinski definition) is 5. The standard InChI is InChI=1S/C53H72N10O5/c1-6-35-11-13-36(14-12-35)33-55-50(67)45-27-41(64)34-63(45)51(68)47(52(2,3)4)56-49(66)37-29-53(30-37)31-40(32-53)60-21-17-38(18-22-60)59-19-15-39(16-20-59)61-23-25-62(26-24-61)44-28-43(57-58-48(44)54-5)42-9-7-8-10-46(42)65/h1,7-14,28,37-41,45,47,64-65H,15-27,29-34H2,2-5H3,(H,54,58)(H,55,67)(H,56,66)/t37?,40?,41-,45+,47-,53?/m1/s1. The molecule has 0 bridgehead atoms. The van der Waals surface area contributed by atoms with Crippen molar-refractivity contribution >= 4 is 29.2 Å². The Morgan fingerprint density at radius 3 is 2.04 bits per heavy atom. The van der Waals surface area contributed by atoms with Crippen LogP contribution in [0.1, 0.15) is 89.7 Å². The fourth-order valence-corrected chi connectivity index (χ4v) is 12.3. The summed E-state index contributed by atoms with van der Waals surface area (Å²) in [7, 11) is 1.88. The first-order chi connectivity index (χ1) is 32.7. The van der Waals surface area contributed by atoms with Crippen molar-refractivity contribution in [1.82, 2.24) is 40.4 Å². The number of rotatable bonds is 12. The van der Waals surface area contributed by atoms with Gasteiger partial charge in [-0.05, 0) is 124 Å². The largest absolute Gasteiger partial charge is 0.507 e. The number of aliphatic hydroxyl groups is 1. The molecule has 1 aromatic heterocycles. The van der Waals surface area contributed by atoms with Crippen molar-refractivity contribution in [1.29, 1.82) is 0 Å². The summed E-state index contributed by atoms with van der Waals surface area (Å²) in [5.41, 5.74) is 3.65. The number of aromatic hydroxyl groups is 1. The lowest BCUT2D eigenvalue weighted by molar-refractivity contribution is -0.150. The third-order valence-electron chi connectivity index (χ3n) is 16.3. The number of nitrogens with zero attached hydrogens (tertiary/aromatic N) is 7. The van der Waals surface area contributed by atoms with Crippen molar-refractivity contribution in [2.75, 3.05) is 76.2 Å². The Morgan fingerprint density at radius 2 is 1.44 bits per heavy atom. The van der Waals surface area contributed by atoms with E-state index in [1.165, 1.54) is 30.6 Å². The van der Waals surface area contributed by atoms with E-state index >= 15 is 0 Å². The molecule has 9 rings (SSSR count). The molecular weight excluding hydrogens is 857 g/mol. The van der Waals surface area contributed by atoms with Crippen LogP contribution >= 0.6 is 0 Å². The van der Waals surface area contributed by atoms with E-state index in [-0.39, 0.29) is 54.3 Å². The second-order valence-corrected chi connectivity index (χ2v) is 21.7. The molecule has 1 spiro atoms. The van der Waals surface area contributed by atoms with Crippen LogP contribution in [0.3, 0.4) is 0 Å². The average molecular weight is 929 g/mol. The molecule has 0 unspecified atom stereocenters. The molecule has 3 aromatic rings. The molecule has 15 nitrogen and oxygen atoms in total. The van der Waals surface area contributed by atoms with Gasteiger partial charge in [0.1, 0.15) is 17.8 Å². The zero-order valence-electron chi connectivity index (χ0n) is 40.5. The van der Waals surface area contributed by atoms with Crippen LogP contribution in [-0.2, 0) is 20.9 Å². The highest BCUT2D eigenvalue weighted by molar-refractivity contribution is 5.93. The number of likely N-dealkylation sites (tertiary alicyclic amines) is 3. The number of phenolic OH excluding ortho intramolecular Hbond substituents is 1. The molecule has 3 atom stereocenters. The minimum Gasteiger partial charge on any atom is -0.507 e. The maximum atomic E-state index is 14.2. The maximum Gasteiger partial charge on any atom is 0.246 e. The highest BCUT2D eigenvalue weighted by Crippen LogP contribution is 2.60. The Bertz CT molecular complexity index is 2310. The molecular formula is C53H72N10O5. The van der Waals surface area contributed by atoms with Gasteiger partial charge in [-0.3, -0.25) is 19.3 Å². The number of β-amino-alcohol motifs (C(OH)–C–C–N with tert-alkyl or cyclic N) is 1. The number of phenols is 1. The molecule has 3 amide bonds. The number of nitrogens with one attached hydrogen (secondary N) is 3. The van der Waals surface area contributed by atoms with Crippen molar-refractivity contribution in [3.8, 4) is 29.4 Å². The number of carbonyl (C=O) groups is 3. The molecule has 5 heterocycles. The summed E-state index contributed by atoms with van der Waals surface area (Å²) in [6.07, 6.45) is 13.7. The highest BCUT2D eigenvalue weighted by atomic mass is 16.3. The van der Waals surface area contributed by atoms with Gasteiger partial charge in [0.05, 0.1) is 17.5 Å². The molecule has 2 aromatic carbocycles. The highest BCUT2D eigenvalue weighted by Gasteiger charge is 2.57. The Hall–Kier alpha value is -5.27. The van der Waals surface area contributed by atoms with E-state index in [0.717, 1.165) is 101 Å². The zero-order chi connectivity index (χ0) is 47.7. The molecule has 2 aliphatic carbocycles. The third kappa shape index (κ3) is 10.2. The predicted molar refractivity (Wildman–Crippen MR) is 264 cm³/mol. The first kappa shape index (κ1) is 47.8. The lowest BCUT2D eigenvalue weighted by Gasteiger charge is -2.60. The van der Waals surface area contributed by atoms with Gasteiger partial charge in [-0.25, -0.2) is 0 Å². The number of piperidine rings is 2. The quantitative estimate of drug-likeness (QED) is 0.164. The van der Waals surface area contributed by atoms with E-state index in [1.54, 1.807) is 6.07 Å². The summed E-state index contributed by atoms with van der Waals surface area (Å²) in [4.78, 5) is 53.4. The van der Waals surface area contributed by atoms with Crippen LogP contribution in [0.25, 0.3) is 11.3 Å². The minimum atomic E-state index is -0.823. The minimum absolute atomic E-state index is 0.0509. The molecule has 6 aliphatic rings. The lowest BCUT2D eigenvalue weighted by Crippen LogP contribution is -2.62. The fraction of sp³-hybridized carbons (Fsp3) is 0.604. The summed E-state index contributed by atoms with van der Waals surface area (Å²) < 4.78 is 0. The molecule has 5 N–H and O–H groups in total. The number of para-hydroxylation sites is 1. The van der Waals surface area contributed by atoms with Gasteiger partial charge in [0, 0.05) is 87.9 Å². The first-order valence-electron chi connectivity index (χ1n) is 25.1.